The molecule has 0 radical (unpaired) electrons. The maximum absolute atomic E-state index is 12.5. The first-order valence-corrected chi connectivity index (χ1v) is 7.70. The molecule has 4 nitrogen and oxygen atoms in total. The van der Waals surface area contributed by atoms with Crippen molar-refractivity contribution in [2.45, 2.75) is 19.8 Å². The zero-order chi connectivity index (χ0) is 13.4. The molecule has 2 aliphatic heterocycles. The van der Waals surface area contributed by atoms with Crippen LogP contribution >= 0.6 is 15.9 Å². The Balaban J connectivity index is 1.72. The lowest BCUT2D eigenvalue weighted by atomic mass is 9.92. The predicted molar refractivity (Wildman–Crippen MR) is 76.1 cm³/mol. The number of aryl methyl sites for hydroxylation is 1. The van der Waals surface area contributed by atoms with E-state index in [-0.39, 0.29) is 5.91 Å². The Morgan fingerprint density at radius 2 is 2.00 bits per heavy atom. The van der Waals surface area contributed by atoms with Gasteiger partial charge in [-0.25, -0.2) is 0 Å². The smallest absolute Gasteiger partial charge is 0.289 e. The van der Waals surface area contributed by atoms with Crippen LogP contribution in [0.3, 0.4) is 0 Å². The van der Waals surface area contributed by atoms with Crippen LogP contribution in [0.4, 0.5) is 0 Å². The lowest BCUT2D eigenvalue weighted by molar-refractivity contribution is 0.0724. The quantitative estimate of drug-likeness (QED) is 0.862. The second-order valence-electron chi connectivity index (χ2n) is 5.61. The molecule has 0 spiro atoms. The van der Waals surface area contributed by atoms with E-state index >= 15 is 0 Å². The molecule has 1 N–H and O–H groups in total. The summed E-state index contributed by atoms with van der Waals surface area (Å²) in [7, 11) is 0. The molecule has 1 amide bonds. The molecule has 1 aromatic heterocycles. The molecular weight excluding hydrogens is 308 g/mol. The van der Waals surface area contributed by atoms with Crippen LogP contribution in [0.25, 0.3) is 0 Å². The molecule has 0 saturated carbocycles. The van der Waals surface area contributed by atoms with E-state index in [0.717, 1.165) is 56.4 Å². The average molecular weight is 327 g/mol. The molecule has 19 heavy (non-hydrogen) atoms. The molecule has 1 aromatic rings. The standard InChI is InChI=1S/C14H19BrN2O2/c1-9-6-12(15)19-13(9)14(18)17-4-2-10-7-16-8-11(10)3-5-17/h6,10-11,16H,2-5,7-8H2,1H3/t10-,11+. The number of fused-ring (bicyclic) bond motifs is 1. The summed E-state index contributed by atoms with van der Waals surface area (Å²) in [5, 5.41) is 3.45. The molecule has 3 rings (SSSR count). The molecule has 0 bridgehead atoms. The molecule has 0 unspecified atom stereocenters. The first kappa shape index (κ1) is 13.2. The third kappa shape index (κ3) is 2.58. The van der Waals surface area contributed by atoms with Crippen molar-refractivity contribution in [2.24, 2.45) is 11.8 Å². The Hall–Kier alpha value is -0.810. The predicted octanol–water partition coefficient (Wildman–Crippen LogP) is 2.42. The minimum Gasteiger partial charge on any atom is -0.444 e. The highest BCUT2D eigenvalue weighted by Gasteiger charge is 2.32. The molecule has 2 atom stereocenters. The van der Waals surface area contributed by atoms with Crippen molar-refractivity contribution in [1.82, 2.24) is 10.2 Å². The van der Waals surface area contributed by atoms with Crippen LogP contribution in [-0.4, -0.2) is 37.0 Å². The Labute approximate surface area is 121 Å². The first-order valence-electron chi connectivity index (χ1n) is 6.91. The van der Waals surface area contributed by atoms with Gasteiger partial charge in [0, 0.05) is 18.7 Å². The van der Waals surface area contributed by atoms with E-state index in [1.807, 2.05) is 17.9 Å². The van der Waals surface area contributed by atoms with Crippen molar-refractivity contribution in [3.8, 4) is 0 Å². The van der Waals surface area contributed by atoms with E-state index < -0.39 is 0 Å². The minimum absolute atomic E-state index is 0.0381. The van der Waals surface area contributed by atoms with Gasteiger partial charge < -0.3 is 14.6 Å². The van der Waals surface area contributed by atoms with Gasteiger partial charge in [-0.1, -0.05) is 0 Å². The number of furan rings is 1. The highest BCUT2D eigenvalue weighted by molar-refractivity contribution is 9.10. The van der Waals surface area contributed by atoms with E-state index in [1.54, 1.807) is 0 Å². The highest BCUT2D eigenvalue weighted by atomic mass is 79.9. The van der Waals surface area contributed by atoms with Gasteiger partial charge in [0.2, 0.25) is 0 Å². The van der Waals surface area contributed by atoms with Crippen LogP contribution in [0.5, 0.6) is 0 Å². The fourth-order valence-corrected chi connectivity index (χ4v) is 3.73. The summed E-state index contributed by atoms with van der Waals surface area (Å²) in [5.74, 6) is 2.00. The van der Waals surface area contributed by atoms with Gasteiger partial charge >= 0.3 is 0 Å². The summed E-state index contributed by atoms with van der Waals surface area (Å²) >= 11 is 3.28. The summed E-state index contributed by atoms with van der Waals surface area (Å²) in [6, 6.07) is 1.85. The van der Waals surface area contributed by atoms with Crippen LogP contribution < -0.4 is 5.32 Å². The molecule has 0 aromatic carbocycles. The number of nitrogens with zero attached hydrogens (tertiary/aromatic N) is 1. The topological polar surface area (TPSA) is 45.5 Å². The van der Waals surface area contributed by atoms with Gasteiger partial charge in [-0.2, -0.15) is 0 Å². The molecule has 2 saturated heterocycles. The Bertz CT molecular complexity index is 472. The van der Waals surface area contributed by atoms with E-state index in [0.29, 0.717) is 10.4 Å². The Kier molecular flexibility index (Phi) is 3.67. The third-order valence-corrected chi connectivity index (χ3v) is 4.78. The zero-order valence-electron chi connectivity index (χ0n) is 11.1. The van der Waals surface area contributed by atoms with Gasteiger partial charge in [0.1, 0.15) is 0 Å². The van der Waals surface area contributed by atoms with Gasteiger partial charge in [-0.15, -0.1) is 0 Å². The maximum atomic E-state index is 12.5. The van der Waals surface area contributed by atoms with Gasteiger partial charge in [-0.3, -0.25) is 4.79 Å². The third-order valence-electron chi connectivity index (χ3n) is 4.39. The van der Waals surface area contributed by atoms with Crippen LogP contribution in [0, 0.1) is 18.8 Å². The lowest BCUT2D eigenvalue weighted by Gasteiger charge is -2.19. The summed E-state index contributed by atoms with van der Waals surface area (Å²) in [4.78, 5) is 14.5. The van der Waals surface area contributed by atoms with E-state index in [1.165, 1.54) is 0 Å². The van der Waals surface area contributed by atoms with Gasteiger partial charge in [0.15, 0.2) is 10.4 Å². The molecule has 5 heteroatoms. The number of hydrogen-bond acceptors (Lipinski definition) is 3. The molecule has 2 fully saturated rings. The minimum atomic E-state index is 0.0381. The zero-order valence-corrected chi connectivity index (χ0v) is 12.7. The number of carbonyl (C=O) groups is 1. The van der Waals surface area contributed by atoms with Crippen molar-refractivity contribution in [3.05, 3.63) is 22.1 Å². The molecule has 2 aliphatic rings. The monoisotopic (exact) mass is 326 g/mol. The summed E-state index contributed by atoms with van der Waals surface area (Å²) in [6.07, 6.45) is 2.20. The fourth-order valence-electron chi connectivity index (χ4n) is 3.22. The average Bonchev–Trinajstić information content (AvgIpc) is 2.90. The number of carbonyl (C=O) groups excluding carboxylic acids is 1. The van der Waals surface area contributed by atoms with Crippen LogP contribution in [0.1, 0.15) is 29.0 Å². The summed E-state index contributed by atoms with van der Waals surface area (Å²) in [5.41, 5.74) is 0.906. The molecule has 0 aliphatic carbocycles. The highest BCUT2D eigenvalue weighted by Crippen LogP contribution is 2.28. The Morgan fingerprint density at radius 3 is 2.53 bits per heavy atom. The van der Waals surface area contributed by atoms with Gasteiger partial charge in [0.25, 0.3) is 5.91 Å². The number of likely N-dealkylation sites (tertiary alicyclic amines) is 1. The maximum Gasteiger partial charge on any atom is 0.289 e. The van der Waals surface area contributed by atoms with E-state index in [9.17, 15) is 4.79 Å². The van der Waals surface area contributed by atoms with E-state index in [2.05, 4.69) is 21.2 Å². The van der Waals surface area contributed by atoms with Gasteiger partial charge in [0.05, 0.1) is 0 Å². The second-order valence-corrected chi connectivity index (χ2v) is 6.39. The molecule has 3 heterocycles. The lowest BCUT2D eigenvalue weighted by Crippen LogP contribution is -2.32. The van der Waals surface area contributed by atoms with Gasteiger partial charge in [-0.05, 0) is 66.7 Å². The molecular formula is C14H19BrN2O2. The normalized spacial score (nSPS) is 27.2. The van der Waals surface area contributed by atoms with Crippen LogP contribution in [0.15, 0.2) is 15.2 Å². The second kappa shape index (κ2) is 5.29. The Morgan fingerprint density at radius 1 is 1.37 bits per heavy atom. The van der Waals surface area contributed by atoms with Crippen molar-refractivity contribution in [3.63, 3.8) is 0 Å². The SMILES string of the molecule is Cc1cc(Br)oc1C(=O)N1CC[C@@H]2CNC[C@@H]2CC1. The first-order chi connectivity index (χ1) is 9.15. The fraction of sp³-hybridized carbons (Fsp3) is 0.643. The number of amides is 1. The van der Waals surface area contributed by atoms with Crippen molar-refractivity contribution < 1.29 is 9.21 Å². The largest absolute Gasteiger partial charge is 0.444 e. The number of hydrogen-bond donors (Lipinski definition) is 1. The number of rotatable bonds is 1. The van der Waals surface area contributed by atoms with Crippen molar-refractivity contribution >= 4 is 21.8 Å². The summed E-state index contributed by atoms with van der Waals surface area (Å²) < 4.78 is 6.11. The van der Waals surface area contributed by atoms with E-state index in [4.69, 9.17) is 4.42 Å². The van der Waals surface area contributed by atoms with Crippen molar-refractivity contribution in [1.29, 1.82) is 0 Å². The summed E-state index contributed by atoms with van der Waals surface area (Å²) in [6.45, 7) is 5.83. The van der Waals surface area contributed by atoms with Crippen molar-refractivity contribution in [2.75, 3.05) is 26.2 Å². The van der Waals surface area contributed by atoms with Crippen LogP contribution in [0.2, 0.25) is 0 Å². The van der Waals surface area contributed by atoms with Crippen LogP contribution in [-0.2, 0) is 0 Å². The number of halogens is 1. The molecule has 104 valence electrons. The number of nitrogens with one attached hydrogen (secondary N) is 1.